The third-order valence-electron chi connectivity index (χ3n) is 3.69. The lowest BCUT2D eigenvalue weighted by molar-refractivity contribution is 0.786. The lowest BCUT2D eigenvalue weighted by Crippen LogP contribution is -2.26. The summed E-state index contributed by atoms with van der Waals surface area (Å²) in [5.41, 5.74) is 9.89. The summed E-state index contributed by atoms with van der Waals surface area (Å²) in [6.45, 7) is 1.70. The summed E-state index contributed by atoms with van der Waals surface area (Å²) in [5.74, 6) is 0. The highest BCUT2D eigenvalue weighted by Gasteiger charge is 2.30. The fraction of sp³-hybridized carbons (Fsp3) is 0.375. The van der Waals surface area contributed by atoms with E-state index < -0.39 is 0 Å². The number of anilines is 1. The molecule has 3 rings (SSSR count). The van der Waals surface area contributed by atoms with Crippen molar-refractivity contribution < 1.29 is 0 Å². The molecule has 1 aromatic carbocycles. The van der Waals surface area contributed by atoms with Crippen LogP contribution in [0.15, 0.2) is 39.5 Å². The van der Waals surface area contributed by atoms with Gasteiger partial charge in [0.2, 0.25) is 0 Å². The fourth-order valence-corrected chi connectivity index (χ4v) is 3.63. The predicted molar refractivity (Wildman–Crippen MR) is 90.4 cm³/mol. The van der Waals surface area contributed by atoms with Gasteiger partial charge in [0.25, 0.3) is 0 Å². The zero-order chi connectivity index (χ0) is 13.9. The van der Waals surface area contributed by atoms with Crippen LogP contribution >= 0.6 is 27.3 Å². The van der Waals surface area contributed by atoms with Crippen LogP contribution in [0.1, 0.15) is 24.0 Å². The fourth-order valence-electron chi connectivity index (χ4n) is 2.57. The Morgan fingerprint density at radius 3 is 2.80 bits per heavy atom. The first-order chi connectivity index (χ1) is 9.78. The van der Waals surface area contributed by atoms with E-state index >= 15 is 0 Å². The van der Waals surface area contributed by atoms with Gasteiger partial charge in [-0.25, -0.2) is 0 Å². The Morgan fingerprint density at radius 1 is 1.30 bits per heavy atom. The SMILES string of the molecule is NCCc1cc(Br)ccc1N(Cc1ccsc1)C1CC1. The van der Waals surface area contributed by atoms with Gasteiger partial charge in [-0.1, -0.05) is 15.9 Å². The molecule has 0 spiro atoms. The maximum atomic E-state index is 5.78. The molecule has 0 radical (unpaired) electrons. The zero-order valence-electron chi connectivity index (χ0n) is 11.4. The average Bonchev–Trinajstić information content (AvgIpc) is 3.15. The molecule has 2 N–H and O–H groups in total. The summed E-state index contributed by atoms with van der Waals surface area (Å²) in [6, 6.07) is 9.51. The second-order valence-corrected chi connectivity index (χ2v) is 7.00. The minimum atomic E-state index is 0.695. The van der Waals surface area contributed by atoms with E-state index in [1.165, 1.54) is 29.7 Å². The first-order valence-corrected chi connectivity index (χ1v) is 8.77. The Kier molecular flexibility index (Phi) is 4.44. The number of nitrogens with zero attached hydrogens (tertiary/aromatic N) is 1. The monoisotopic (exact) mass is 350 g/mol. The molecule has 106 valence electrons. The second kappa shape index (κ2) is 6.29. The summed E-state index contributed by atoms with van der Waals surface area (Å²) in [7, 11) is 0. The minimum absolute atomic E-state index is 0.695. The van der Waals surface area contributed by atoms with Crippen molar-refractivity contribution in [2.24, 2.45) is 5.73 Å². The van der Waals surface area contributed by atoms with E-state index in [0.29, 0.717) is 12.6 Å². The van der Waals surface area contributed by atoms with E-state index in [4.69, 9.17) is 5.73 Å². The van der Waals surface area contributed by atoms with Crippen molar-refractivity contribution in [1.82, 2.24) is 0 Å². The summed E-state index contributed by atoms with van der Waals surface area (Å²) in [4.78, 5) is 2.56. The number of hydrogen-bond acceptors (Lipinski definition) is 3. The summed E-state index contributed by atoms with van der Waals surface area (Å²) < 4.78 is 1.14. The minimum Gasteiger partial charge on any atom is -0.364 e. The molecule has 0 amide bonds. The molecule has 0 bridgehead atoms. The van der Waals surface area contributed by atoms with Crippen molar-refractivity contribution in [2.75, 3.05) is 11.4 Å². The van der Waals surface area contributed by atoms with Crippen molar-refractivity contribution in [3.63, 3.8) is 0 Å². The van der Waals surface area contributed by atoms with Crippen LogP contribution in [0.25, 0.3) is 0 Å². The van der Waals surface area contributed by atoms with Gasteiger partial charge in [0, 0.05) is 22.7 Å². The van der Waals surface area contributed by atoms with Crippen LogP contribution in [-0.2, 0) is 13.0 Å². The molecule has 1 heterocycles. The smallest absolute Gasteiger partial charge is 0.0440 e. The number of nitrogens with two attached hydrogens (primary N) is 1. The zero-order valence-corrected chi connectivity index (χ0v) is 13.8. The Balaban J connectivity index is 1.90. The number of benzene rings is 1. The molecule has 1 aliphatic carbocycles. The van der Waals surface area contributed by atoms with Gasteiger partial charge in [-0.15, -0.1) is 0 Å². The summed E-state index contributed by atoms with van der Waals surface area (Å²) in [5, 5.41) is 4.40. The topological polar surface area (TPSA) is 29.3 Å². The van der Waals surface area contributed by atoms with Crippen LogP contribution in [0.2, 0.25) is 0 Å². The molecule has 0 atom stereocenters. The largest absolute Gasteiger partial charge is 0.364 e. The molecular formula is C16H19BrN2S. The highest BCUT2D eigenvalue weighted by molar-refractivity contribution is 9.10. The number of thiophene rings is 1. The molecule has 2 nitrogen and oxygen atoms in total. The quantitative estimate of drug-likeness (QED) is 0.846. The molecule has 0 unspecified atom stereocenters. The van der Waals surface area contributed by atoms with E-state index in [9.17, 15) is 0 Å². The van der Waals surface area contributed by atoms with Gasteiger partial charge < -0.3 is 10.6 Å². The molecule has 2 aromatic rings. The van der Waals surface area contributed by atoms with Crippen molar-refractivity contribution >= 4 is 33.0 Å². The molecule has 1 saturated carbocycles. The van der Waals surface area contributed by atoms with E-state index in [2.05, 4.69) is 55.9 Å². The van der Waals surface area contributed by atoms with Crippen LogP contribution < -0.4 is 10.6 Å². The number of rotatable bonds is 6. The summed E-state index contributed by atoms with van der Waals surface area (Å²) in [6.07, 6.45) is 3.55. The van der Waals surface area contributed by atoms with E-state index in [1.807, 2.05) is 0 Å². The number of halogens is 1. The number of hydrogen-bond donors (Lipinski definition) is 1. The predicted octanol–water partition coefficient (Wildman–Crippen LogP) is 4.18. The molecule has 0 aliphatic heterocycles. The van der Waals surface area contributed by atoms with Gasteiger partial charge >= 0.3 is 0 Å². The maximum Gasteiger partial charge on any atom is 0.0440 e. The molecule has 4 heteroatoms. The van der Waals surface area contributed by atoms with Crippen LogP contribution in [0, 0.1) is 0 Å². The third kappa shape index (κ3) is 3.25. The van der Waals surface area contributed by atoms with Crippen LogP contribution in [0.5, 0.6) is 0 Å². The Hall–Kier alpha value is -0.840. The Labute approximate surface area is 132 Å². The lowest BCUT2D eigenvalue weighted by Gasteiger charge is -2.27. The van der Waals surface area contributed by atoms with Crippen LogP contribution in [0.3, 0.4) is 0 Å². The Morgan fingerprint density at radius 2 is 2.15 bits per heavy atom. The van der Waals surface area contributed by atoms with Gasteiger partial charge in [0.15, 0.2) is 0 Å². The van der Waals surface area contributed by atoms with Crippen molar-refractivity contribution in [2.45, 2.75) is 31.8 Å². The molecule has 20 heavy (non-hydrogen) atoms. The molecule has 1 fully saturated rings. The summed E-state index contributed by atoms with van der Waals surface area (Å²) >= 11 is 5.34. The normalized spacial score (nSPS) is 14.5. The first-order valence-electron chi connectivity index (χ1n) is 7.04. The van der Waals surface area contributed by atoms with Crippen LogP contribution in [0.4, 0.5) is 5.69 Å². The molecule has 1 aromatic heterocycles. The highest BCUT2D eigenvalue weighted by atomic mass is 79.9. The van der Waals surface area contributed by atoms with Gasteiger partial charge in [-0.05, 0) is 72.0 Å². The standard InChI is InChI=1S/C16H19BrN2S/c17-14-1-4-16(13(9-14)5-7-18)19(15-2-3-15)10-12-6-8-20-11-12/h1,4,6,8-9,11,15H,2-3,5,7,10,18H2. The van der Waals surface area contributed by atoms with Gasteiger partial charge in [0.05, 0.1) is 0 Å². The highest BCUT2D eigenvalue weighted by Crippen LogP contribution is 2.36. The van der Waals surface area contributed by atoms with Crippen molar-refractivity contribution in [1.29, 1.82) is 0 Å². The molecule has 1 aliphatic rings. The van der Waals surface area contributed by atoms with E-state index in [-0.39, 0.29) is 0 Å². The lowest BCUT2D eigenvalue weighted by atomic mass is 10.1. The molecule has 0 saturated heterocycles. The van der Waals surface area contributed by atoms with E-state index in [1.54, 1.807) is 11.3 Å². The average molecular weight is 351 g/mol. The Bertz CT molecular complexity index is 564. The van der Waals surface area contributed by atoms with Crippen LogP contribution in [-0.4, -0.2) is 12.6 Å². The second-order valence-electron chi connectivity index (χ2n) is 5.30. The first kappa shape index (κ1) is 14.1. The van der Waals surface area contributed by atoms with Crippen molar-refractivity contribution in [3.05, 3.63) is 50.6 Å². The maximum absolute atomic E-state index is 5.78. The van der Waals surface area contributed by atoms with Gasteiger partial charge in [-0.3, -0.25) is 0 Å². The molecular weight excluding hydrogens is 332 g/mol. The third-order valence-corrected chi connectivity index (χ3v) is 4.91. The van der Waals surface area contributed by atoms with Gasteiger partial charge in [0.1, 0.15) is 0 Å². The van der Waals surface area contributed by atoms with Gasteiger partial charge in [-0.2, -0.15) is 11.3 Å². The van der Waals surface area contributed by atoms with E-state index in [0.717, 1.165) is 17.4 Å². The van der Waals surface area contributed by atoms with Crippen molar-refractivity contribution in [3.8, 4) is 0 Å².